The molecule has 0 atom stereocenters. The lowest BCUT2D eigenvalue weighted by Gasteiger charge is -2.08. The van der Waals surface area contributed by atoms with Crippen molar-refractivity contribution in [3.05, 3.63) is 52.2 Å². The standard InChI is InChI=1S/C17H20N2O2S/c1-13(2)9-10-21-15-7-5-14(6-8-15)17(20)19-18-12-16-4-3-11-22-16/h3-8,11-13H,9-10H2,1-2H3,(H,19,20)/b18-12+. The Kier molecular flexibility index (Phi) is 6.15. The number of carbonyl (C=O) groups is 1. The lowest BCUT2D eigenvalue weighted by Crippen LogP contribution is -2.17. The summed E-state index contributed by atoms with van der Waals surface area (Å²) in [5.74, 6) is 1.16. The van der Waals surface area contributed by atoms with Crippen molar-refractivity contribution in [3.63, 3.8) is 0 Å². The smallest absolute Gasteiger partial charge is 0.271 e. The van der Waals surface area contributed by atoms with Gasteiger partial charge in [-0.15, -0.1) is 11.3 Å². The Labute approximate surface area is 134 Å². The van der Waals surface area contributed by atoms with Crippen LogP contribution in [0.4, 0.5) is 0 Å². The molecule has 0 aliphatic heterocycles. The van der Waals surface area contributed by atoms with Gasteiger partial charge in [-0.2, -0.15) is 5.10 Å². The van der Waals surface area contributed by atoms with Gasteiger partial charge in [0.25, 0.3) is 5.91 Å². The molecule has 0 saturated carbocycles. The molecule has 0 saturated heterocycles. The number of benzene rings is 1. The van der Waals surface area contributed by atoms with Crippen molar-refractivity contribution in [1.29, 1.82) is 0 Å². The molecule has 2 rings (SSSR count). The number of nitrogens with one attached hydrogen (secondary N) is 1. The molecule has 0 fully saturated rings. The van der Waals surface area contributed by atoms with Gasteiger partial charge < -0.3 is 4.74 Å². The number of hydrazone groups is 1. The second-order valence-corrected chi connectivity index (χ2v) is 6.25. The number of thiophene rings is 1. The molecule has 0 aliphatic rings. The molecule has 22 heavy (non-hydrogen) atoms. The van der Waals surface area contributed by atoms with E-state index in [-0.39, 0.29) is 5.91 Å². The molecule has 2 aromatic rings. The highest BCUT2D eigenvalue weighted by atomic mass is 32.1. The first-order chi connectivity index (χ1) is 10.6. The number of ether oxygens (including phenoxy) is 1. The molecule has 1 aromatic carbocycles. The second-order valence-electron chi connectivity index (χ2n) is 5.27. The average Bonchev–Trinajstić information content (AvgIpc) is 3.01. The predicted molar refractivity (Wildman–Crippen MR) is 90.8 cm³/mol. The first-order valence-electron chi connectivity index (χ1n) is 7.25. The Morgan fingerprint density at radius 2 is 2.09 bits per heavy atom. The van der Waals surface area contributed by atoms with E-state index < -0.39 is 0 Å². The van der Waals surface area contributed by atoms with E-state index in [1.165, 1.54) is 0 Å². The summed E-state index contributed by atoms with van der Waals surface area (Å²) in [5.41, 5.74) is 3.07. The fourth-order valence-corrected chi connectivity index (χ4v) is 2.28. The van der Waals surface area contributed by atoms with Crippen LogP contribution in [0.3, 0.4) is 0 Å². The molecule has 1 amide bonds. The van der Waals surface area contributed by atoms with Crippen molar-refractivity contribution in [2.75, 3.05) is 6.61 Å². The third-order valence-electron chi connectivity index (χ3n) is 2.98. The molecule has 1 N–H and O–H groups in total. The quantitative estimate of drug-likeness (QED) is 0.621. The molecular formula is C17H20N2O2S. The summed E-state index contributed by atoms with van der Waals surface area (Å²) < 4.78 is 5.62. The first-order valence-corrected chi connectivity index (χ1v) is 8.13. The van der Waals surface area contributed by atoms with Crippen LogP contribution in [-0.4, -0.2) is 18.7 Å². The maximum absolute atomic E-state index is 11.9. The molecule has 0 bridgehead atoms. The maximum atomic E-state index is 11.9. The summed E-state index contributed by atoms with van der Waals surface area (Å²) in [5, 5.41) is 5.90. The summed E-state index contributed by atoms with van der Waals surface area (Å²) in [7, 11) is 0. The monoisotopic (exact) mass is 316 g/mol. The second kappa shape index (κ2) is 8.34. The van der Waals surface area contributed by atoms with Gasteiger partial charge in [0.15, 0.2) is 0 Å². The van der Waals surface area contributed by atoms with Gasteiger partial charge in [0.05, 0.1) is 12.8 Å². The number of hydrogen-bond donors (Lipinski definition) is 1. The van der Waals surface area contributed by atoms with Gasteiger partial charge in [-0.05, 0) is 48.1 Å². The average molecular weight is 316 g/mol. The first kappa shape index (κ1) is 16.2. The van der Waals surface area contributed by atoms with Crippen LogP contribution in [0.25, 0.3) is 0 Å². The SMILES string of the molecule is CC(C)CCOc1ccc(C(=O)N/N=C/c2cccs2)cc1. The molecule has 0 unspecified atom stereocenters. The van der Waals surface area contributed by atoms with Crippen molar-refractivity contribution in [1.82, 2.24) is 5.43 Å². The van der Waals surface area contributed by atoms with Gasteiger partial charge in [0, 0.05) is 10.4 Å². The minimum atomic E-state index is -0.235. The summed E-state index contributed by atoms with van der Waals surface area (Å²) >= 11 is 1.56. The maximum Gasteiger partial charge on any atom is 0.271 e. The predicted octanol–water partition coefficient (Wildman–Crippen LogP) is 3.94. The summed E-state index contributed by atoms with van der Waals surface area (Å²) in [6, 6.07) is 11.0. The van der Waals surface area contributed by atoms with E-state index in [2.05, 4.69) is 24.4 Å². The van der Waals surface area contributed by atoms with Crippen molar-refractivity contribution in [3.8, 4) is 5.75 Å². The molecule has 1 aromatic heterocycles. The Hall–Kier alpha value is -2.14. The van der Waals surface area contributed by atoms with Crippen LogP contribution < -0.4 is 10.2 Å². The minimum Gasteiger partial charge on any atom is -0.494 e. The Morgan fingerprint density at radius 3 is 2.73 bits per heavy atom. The van der Waals surface area contributed by atoms with Crippen molar-refractivity contribution < 1.29 is 9.53 Å². The molecule has 4 nitrogen and oxygen atoms in total. The molecule has 0 spiro atoms. The molecule has 116 valence electrons. The Bertz CT molecular complexity index is 604. The molecule has 1 heterocycles. The van der Waals surface area contributed by atoms with Crippen LogP contribution >= 0.6 is 11.3 Å². The highest BCUT2D eigenvalue weighted by molar-refractivity contribution is 7.11. The van der Waals surface area contributed by atoms with E-state index in [0.717, 1.165) is 17.0 Å². The van der Waals surface area contributed by atoms with E-state index in [4.69, 9.17) is 4.74 Å². The zero-order valence-electron chi connectivity index (χ0n) is 12.8. The van der Waals surface area contributed by atoms with E-state index in [0.29, 0.717) is 18.1 Å². The van der Waals surface area contributed by atoms with Crippen LogP contribution in [0, 0.1) is 5.92 Å². The molecular weight excluding hydrogens is 296 g/mol. The van der Waals surface area contributed by atoms with Crippen LogP contribution in [-0.2, 0) is 0 Å². The normalized spacial score (nSPS) is 11.0. The van der Waals surface area contributed by atoms with Gasteiger partial charge in [0.2, 0.25) is 0 Å². The van der Waals surface area contributed by atoms with Gasteiger partial charge in [-0.1, -0.05) is 19.9 Å². The lowest BCUT2D eigenvalue weighted by molar-refractivity contribution is 0.0955. The van der Waals surface area contributed by atoms with Crippen LogP contribution in [0.1, 0.15) is 35.5 Å². The number of amides is 1. The van der Waals surface area contributed by atoms with Crippen LogP contribution in [0.15, 0.2) is 46.9 Å². The van der Waals surface area contributed by atoms with Crippen LogP contribution in [0.2, 0.25) is 0 Å². The van der Waals surface area contributed by atoms with Crippen molar-refractivity contribution in [2.24, 2.45) is 11.0 Å². The molecule has 5 heteroatoms. The summed E-state index contributed by atoms with van der Waals surface area (Å²) in [6.07, 6.45) is 2.64. The summed E-state index contributed by atoms with van der Waals surface area (Å²) in [4.78, 5) is 12.9. The van der Waals surface area contributed by atoms with E-state index in [9.17, 15) is 4.79 Å². The highest BCUT2D eigenvalue weighted by Gasteiger charge is 2.04. The zero-order chi connectivity index (χ0) is 15.8. The van der Waals surface area contributed by atoms with E-state index >= 15 is 0 Å². The molecule has 0 radical (unpaired) electrons. The van der Waals surface area contributed by atoms with E-state index in [1.807, 2.05) is 17.5 Å². The minimum absolute atomic E-state index is 0.235. The summed E-state index contributed by atoms with van der Waals surface area (Å²) in [6.45, 7) is 5.01. The molecule has 0 aliphatic carbocycles. The highest BCUT2D eigenvalue weighted by Crippen LogP contribution is 2.13. The van der Waals surface area contributed by atoms with E-state index in [1.54, 1.807) is 41.8 Å². The third-order valence-corrected chi connectivity index (χ3v) is 3.79. The van der Waals surface area contributed by atoms with Crippen LogP contribution in [0.5, 0.6) is 5.75 Å². The van der Waals surface area contributed by atoms with Gasteiger partial charge in [-0.3, -0.25) is 4.79 Å². The van der Waals surface area contributed by atoms with Gasteiger partial charge >= 0.3 is 0 Å². The fraction of sp³-hybridized carbons (Fsp3) is 0.294. The lowest BCUT2D eigenvalue weighted by atomic mass is 10.1. The third kappa shape index (κ3) is 5.33. The zero-order valence-corrected chi connectivity index (χ0v) is 13.6. The van der Waals surface area contributed by atoms with Crippen molar-refractivity contribution in [2.45, 2.75) is 20.3 Å². The number of rotatable bonds is 7. The Morgan fingerprint density at radius 1 is 1.32 bits per heavy atom. The topological polar surface area (TPSA) is 50.7 Å². The Balaban J connectivity index is 1.83. The van der Waals surface area contributed by atoms with Gasteiger partial charge in [0.1, 0.15) is 5.75 Å². The number of hydrogen-bond acceptors (Lipinski definition) is 4. The number of nitrogens with zero attached hydrogens (tertiary/aromatic N) is 1. The largest absolute Gasteiger partial charge is 0.494 e. The fourth-order valence-electron chi connectivity index (χ4n) is 1.70. The van der Waals surface area contributed by atoms with Gasteiger partial charge in [-0.25, -0.2) is 5.43 Å². The van der Waals surface area contributed by atoms with Crippen molar-refractivity contribution >= 4 is 23.5 Å². The number of carbonyl (C=O) groups excluding carboxylic acids is 1.